The Morgan fingerprint density at radius 1 is 0.880 bits per heavy atom. The second kappa shape index (κ2) is 6.10. The van der Waals surface area contributed by atoms with Crippen molar-refractivity contribution in [1.29, 1.82) is 0 Å². The van der Waals surface area contributed by atoms with Gasteiger partial charge in [0.25, 0.3) is 0 Å². The quantitative estimate of drug-likeness (QED) is 0.509. The minimum Gasteiger partial charge on any atom is -0.495 e. The van der Waals surface area contributed by atoms with Gasteiger partial charge in [-0.15, -0.1) is 0 Å². The fourth-order valence-corrected chi connectivity index (χ4v) is 3.45. The number of para-hydroxylation sites is 2. The number of rotatable bonds is 3. The number of hydrogen-bond donors (Lipinski definition) is 0. The number of benzene rings is 3. The van der Waals surface area contributed by atoms with Crippen LogP contribution in [0.25, 0.3) is 27.8 Å². The number of nitrogens with zero attached hydrogens (tertiary/aromatic N) is 2. The van der Waals surface area contributed by atoms with Crippen molar-refractivity contribution in [3.8, 4) is 22.6 Å². The molecule has 0 unspecified atom stereocenters. The van der Waals surface area contributed by atoms with Crippen LogP contribution < -0.4 is 4.74 Å². The van der Waals surface area contributed by atoms with Gasteiger partial charge in [-0.25, -0.2) is 4.98 Å². The van der Waals surface area contributed by atoms with E-state index in [1.54, 1.807) is 7.11 Å². The van der Waals surface area contributed by atoms with Crippen molar-refractivity contribution < 1.29 is 4.74 Å². The predicted octanol–water partition coefficient (Wildman–Crippen LogP) is 5.32. The van der Waals surface area contributed by atoms with E-state index in [9.17, 15) is 0 Å². The average molecular weight is 328 g/mol. The van der Waals surface area contributed by atoms with Crippen LogP contribution in [0.4, 0.5) is 0 Å². The molecule has 1 aromatic heterocycles. The Bertz CT molecular complexity index is 1040. The van der Waals surface area contributed by atoms with Gasteiger partial charge in [0.2, 0.25) is 0 Å². The van der Waals surface area contributed by atoms with Gasteiger partial charge in [0.1, 0.15) is 12.1 Å². The van der Waals surface area contributed by atoms with Crippen molar-refractivity contribution in [2.75, 3.05) is 7.11 Å². The summed E-state index contributed by atoms with van der Waals surface area (Å²) in [5.74, 6) is 0.832. The van der Waals surface area contributed by atoms with E-state index in [-0.39, 0.29) is 0 Å². The molecule has 1 heterocycles. The summed E-state index contributed by atoms with van der Waals surface area (Å²) >= 11 is 0. The third-order valence-corrected chi connectivity index (χ3v) is 4.66. The highest BCUT2D eigenvalue weighted by Crippen LogP contribution is 2.34. The highest BCUT2D eigenvalue weighted by Gasteiger charge is 2.13. The Morgan fingerprint density at radius 3 is 2.40 bits per heavy atom. The second-order valence-corrected chi connectivity index (χ2v) is 6.26. The van der Waals surface area contributed by atoms with Crippen molar-refractivity contribution >= 4 is 11.0 Å². The Balaban J connectivity index is 1.96. The van der Waals surface area contributed by atoms with Crippen LogP contribution in [0.2, 0.25) is 0 Å². The van der Waals surface area contributed by atoms with Gasteiger partial charge in [0.15, 0.2) is 0 Å². The standard InChI is InChI=1S/C22H20N2O/c1-15-7-6-8-16(2)22(15)17-11-12-21(25-3)20(13-17)24-14-23-18-9-4-5-10-19(18)24/h4-14H,1-3H3. The van der Waals surface area contributed by atoms with Crippen molar-refractivity contribution in [2.45, 2.75) is 13.8 Å². The lowest BCUT2D eigenvalue weighted by Gasteiger charge is -2.15. The molecule has 3 aromatic carbocycles. The van der Waals surface area contributed by atoms with Gasteiger partial charge >= 0.3 is 0 Å². The Hall–Kier alpha value is -3.07. The maximum absolute atomic E-state index is 5.62. The van der Waals surface area contributed by atoms with Gasteiger partial charge in [0.05, 0.1) is 23.8 Å². The molecule has 124 valence electrons. The van der Waals surface area contributed by atoms with Crippen LogP contribution in [0.1, 0.15) is 11.1 Å². The summed E-state index contributed by atoms with van der Waals surface area (Å²) in [6.07, 6.45) is 1.86. The summed E-state index contributed by atoms with van der Waals surface area (Å²) < 4.78 is 7.71. The van der Waals surface area contributed by atoms with Crippen LogP contribution in [0.5, 0.6) is 5.75 Å². The van der Waals surface area contributed by atoms with Gasteiger partial charge in [-0.1, -0.05) is 36.4 Å². The first kappa shape index (κ1) is 15.5. The predicted molar refractivity (Wildman–Crippen MR) is 103 cm³/mol. The molecule has 4 rings (SSSR count). The molecule has 3 heteroatoms. The molecule has 0 atom stereocenters. The fraction of sp³-hybridized carbons (Fsp3) is 0.136. The number of fused-ring (bicyclic) bond motifs is 1. The molecule has 4 aromatic rings. The number of aromatic nitrogens is 2. The van der Waals surface area contributed by atoms with E-state index < -0.39 is 0 Å². The molecule has 0 aliphatic rings. The first-order chi connectivity index (χ1) is 12.2. The van der Waals surface area contributed by atoms with E-state index in [1.807, 2.05) is 30.6 Å². The van der Waals surface area contributed by atoms with Crippen LogP contribution in [0.15, 0.2) is 67.0 Å². The molecule has 0 N–H and O–H groups in total. The van der Waals surface area contributed by atoms with Gasteiger partial charge in [0, 0.05) is 0 Å². The molecule has 0 aliphatic heterocycles. The molecule has 0 bridgehead atoms. The van der Waals surface area contributed by atoms with E-state index in [4.69, 9.17) is 4.74 Å². The van der Waals surface area contributed by atoms with Crippen LogP contribution in [0.3, 0.4) is 0 Å². The molecular formula is C22H20N2O. The lowest BCUT2D eigenvalue weighted by atomic mass is 9.95. The van der Waals surface area contributed by atoms with Gasteiger partial charge in [-0.3, -0.25) is 4.57 Å². The Labute approximate surface area is 147 Å². The fourth-order valence-electron chi connectivity index (χ4n) is 3.45. The number of imidazole rings is 1. The zero-order chi connectivity index (χ0) is 17.4. The maximum Gasteiger partial charge on any atom is 0.142 e. The molecule has 3 nitrogen and oxygen atoms in total. The van der Waals surface area contributed by atoms with Crippen molar-refractivity contribution in [1.82, 2.24) is 9.55 Å². The summed E-state index contributed by atoms with van der Waals surface area (Å²) in [4.78, 5) is 4.52. The van der Waals surface area contributed by atoms with Crippen molar-refractivity contribution in [3.05, 3.63) is 78.1 Å². The molecule has 0 amide bonds. The number of ether oxygens (including phenoxy) is 1. The summed E-state index contributed by atoms with van der Waals surface area (Å²) in [6, 6.07) is 20.9. The third-order valence-electron chi connectivity index (χ3n) is 4.66. The first-order valence-corrected chi connectivity index (χ1v) is 8.36. The Kier molecular flexibility index (Phi) is 3.77. The monoisotopic (exact) mass is 328 g/mol. The minimum absolute atomic E-state index is 0.832. The largest absolute Gasteiger partial charge is 0.495 e. The lowest BCUT2D eigenvalue weighted by molar-refractivity contribution is 0.413. The maximum atomic E-state index is 5.62. The number of aryl methyl sites for hydroxylation is 2. The van der Waals surface area contributed by atoms with E-state index in [1.165, 1.54) is 22.3 Å². The van der Waals surface area contributed by atoms with Gasteiger partial charge < -0.3 is 4.74 Å². The molecule has 0 fully saturated rings. The molecule has 0 spiro atoms. The Morgan fingerprint density at radius 2 is 1.64 bits per heavy atom. The number of hydrogen-bond acceptors (Lipinski definition) is 2. The molecule has 0 aliphatic carbocycles. The van der Waals surface area contributed by atoms with Crippen LogP contribution in [-0.4, -0.2) is 16.7 Å². The van der Waals surface area contributed by atoms with Crippen LogP contribution >= 0.6 is 0 Å². The molecule has 0 saturated carbocycles. The summed E-state index contributed by atoms with van der Waals surface area (Å²) in [7, 11) is 1.71. The molecular weight excluding hydrogens is 308 g/mol. The van der Waals surface area contributed by atoms with E-state index in [0.29, 0.717) is 0 Å². The molecule has 0 radical (unpaired) electrons. The van der Waals surface area contributed by atoms with E-state index in [0.717, 1.165) is 22.5 Å². The molecule has 0 saturated heterocycles. The summed E-state index contributed by atoms with van der Waals surface area (Å²) in [5, 5.41) is 0. The SMILES string of the molecule is COc1ccc(-c2c(C)cccc2C)cc1-n1cnc2ccccc21. The summed E-state index contributed by atoms with van der Waals surface area (Å²) in [6.45, 7) is 4.30. The highest BCUT2D eigenvalue weighted by atomic mass is 16.5. The zero-order valence-corrected chi connectivity index (χ0v) is 14.7. The lowest BCUT2D eigenvalue weighted by Crippen LogP contribution is -1.98. The zero-order valence-electron chi connectivity index (χ0n) is 14.7. The highest BCUT2D eigenvalue weighted by molar-refractivity contribution is 5.80. The van der Waals surface area contributed by atoms with E-state index >= 15 is 0 Å². The van der Waals surface area contributed by atoms with Crippen LogP contribution in [0, 0.1) is 13.8 Å². The van der Waals surface area contributed by atoms with E-state index in [2.05, 4.69) is 59.8 Å². The summed E-state index contributed by atoms with van der Waals surface area (Å²) in [5.41, 5.74) is 8.04. The van der Waals surface area contributed by atoms with Crippen LogP contribution in [-0.2, 0) is 0 Å². The van der Waals surface area contributed by atoms with Crippen molar-refractivity contribution in [2.24, 2.45) is 0 Å². The molecule has 25 heavy (non-hydrogen) atoms. The van der Waals surface area contributed by atoms with Crippen molar-refractivity contribution in [3.63, 3.8) is 0 Å². The topological polar surface area (TPSA) is 27.1 Å². The third kappa shape index (κ3) is 2.58. The second-order valence-electron chi connectivity index (χ2n) is 6.26. The average Bonchev–Trinajstić information content (AvgIpc) is 3.05. The smallest absolute Gasteiger partial charge is 0.142 e. The van der Waals surface area contributed by atoms with Gasteiger partial charge in [-0.05, 0) is 60.4 Å². The first-order valence-electron chi connectivity index (χ1n) is 8.36. The normalized spacial score (nSPS) is 11.0. The van der Waals surface area contributed by atoms with Gasteiger partial charge in [-0.2, -0.15) is 0 Å². The number of methoxy groups -OCH3 is 1. The minimum atomic E-state index is 0.832.